The van der Waals surface area contributed by atoms with Crippen LogP contribution in [0.2, 0.25) is 0 Å². The molecule has 5 aliphatic rings. The second kappa shape index (κ2) is 16.7. The Morgan fingerprint density at radius 1 is 0.800 bits per heavy atom. The number of hydrogen-bond acceptors (Lipinski definition) is 8. The smallest absolute Gasteiger partial charge is 0.408 e. The first kappa shape index (κ1) is 38.8. The van der Waals surface area contributed by atoms with Gasteiger partial charge in [-0.3, -0.25) is 14.2 Å². The lowest BCUT2D eigenvalue weighted by atomic mass is 9.54. The number of amides is 3. The van der Waals surface area contributed by atoms with Gasteiger partial charge in [0.15, 0.2) is 0 Å². The molecule has 3 aromatic carbocycles. The summed E-state index contributed by atoms with van der Waals surface area (Å²) >= 11 is 0. The monoisotopic (exact) mass is 769 g/mol. The van der Waals surface area contributed by atoms with Crippen LogP contribution in [0.25, 0.3) is 0 Å². The Hall–Kier alpha value is -4.47. The molecule has 4 unspecified atom stereocenters. The number of benzene rings is 3. The van der Waals surface area contributed by atoms with Gasteiger partial charge < -0.3 is 29.9 Å². The summed E-state index contributed by atoms with van der Waals surface area (Å²) in [5.74, 6) is -1.28. The highest BCUT2D eigenvalue weighted by Gasteiger charge is 2.58. The van der Waals surface area contributed by atoms with Crippen LogP contribution in [0, 0.1) is 23.7 Å². The third-order valence-electron chi connectivity index (χ3n) is 12.2. The molecular weight excluding hydrogens is 717 g/mol. The molecule has 12 heteroatoms. The molecule has 0 saturated heterocycles. The fraction of sp³-hybridized carbons (Fsp3) is 0.488. The summed E-state index contributed by atoms with van der Waals surface area (Å²) in [6, 6.07) is 24.2. The number of rotatable bonds is 14. The number of carbonyl (C=O) groups is 4. The summed E-state index contributed by atoms with van der Waals surface area (Å²) in [5, 5.41) is 8.79. The standard InChI is InChI=1S/C43H52N3O8P/c1-28(44-42(50)53-27-30-12-7-4-8-13-30)55(51,54-43-24-31-20-32(25-43)22-33(21-31)26-43)38-15-9-14-36(38)39(47)46-37(23-29-10-5-3-6-11-29)40(48)45-35-18-16-34(17-19-35)41(49)52-2/h3-8,10-13,16-19,28,31-33,36-38H,9,14-15,20-27H2,1-2H3,(H,44,50)(H,45,48)(H,46,47)/t28?,31?,32?,33?,36?,37-,38?,43?,55?/m0/s1. The first-order valence-electron chi connectivity index (χ1n) is 19.6. The molecule has 3 amide bonds. The first-order valence-corrected chi connectivity index (χ1v) is 21.4. The zero-order chi connectivity index (χ0) is 38.6. The number of alkyl carbamates (subject to hydrolysis) is 1. The van der Waals surface area contributed by atoms with E-state index in [1.165, 1.54) is 26.4 Å². The van der Waals surface area contributed by atoms with Crippen LogP contribution in [0.5, 0.6) is 0 Å². The summed E-state index contributed by atoms with van der Waals surface area (Å²) in [5.41, 5.74) is 1.28. The number of esters is 1. The van der Waals surface area contributed by atoms with Crippen LogP contribution >= 0.6 is 7.37 Å². The molecule has 3 aromatic rings. The molecule has 55 heavy (non-hydrogen) atoms. The van der Waals surface area contributed by atoms with Crippen molar-refractivity contribution in [3.63, 3.8) is 0 Å². The van der Waals surface area contributed by atoms with E-state index < -0.39 is 54.3 Å². The van der Waals surface area contributed by atoms with Gasteiger partial charge in [-0.25, -0.2) is 9.59 Å². The number of anilines is 1. The van der Waals surface area contributed by atoms with Gasteiger partial charge in [-0.05, 0) is 111 Å². The van der Waals surface area contributed by atoms with Gasteiger partial charge in [-0.15, -0.1) is 0 Å². The Morgan fingerprint density at radius 3 is 2.00 bits per heavy atom. The predicted molar refractivity (Wildman–Crippen MR) is 208 cm³/mol. The average Bonchev–Trinajstić information content (AvgIpc) is 3.68. The SMILES string of the molecule is COC(=O)c1ccc(NC(=O)[C@H](Cc2ccccc2)NC(=O)C2CCCC2P(=O)(OC23CC4CC(CC(C4)C2)C3)C(C)NC(=O)OCc2ccccc2)cc1. The van der Waals surface area contributed by atoms with Crippen LogP contribution in [0.3, 0.4) is 0 Å². The van der Waals surface area contributed by atoms with Gasteiger partial charge >= 0.3 is 12.1 Å². The largest absolute Gasteiger partial charge is 0.465 e. The number of nitrogens with one attached hydrogen (secondary N) is 3. The second-order valence-electron chi connectivity index (χ2n) is 16.1. The van der Waals surface area contributed by atoms with Crippen LogP contribution in [0.15, 0.2) is 84.9 Å². The molecule has 0 aromatic heterocycles. The van der Waals surface area contributed by atoms with Crippen molar-refractivity contribution in [1.29, 1.82) is 0 Å². The molecule has 4 bridgehead atoms. The lowest BCUT2D eigenvalue weighted by Crippen LogP contribution is -2.53. The quantitative estimate of drug-likeness (QED) is 0.111. The molecule has 0 radical (unpaired) electrons. The highest BCUT2D eigenvalue weighted by Crippen LogP contribution is 2.68. The minimum atomic E-state index is -3.78. The summed E-state index contributed by atoms with van der Waals surface area (Å²) in [4.78, 5) is 53.5. The zero-order valence-corrected chi connectivity index (χ0v) is 32.5. The van der Waals surface area contributed by atoms with Crippen molar-refractivity contribution in [2.24, 2.45) is 23.7 Å². The van der Waals surface area contributed by atoms with Gasteiger partial charge in [0, 0.05) is 23.7 Å². The molecule has 5 atom stereocenters. The molecule has 0 aliphatic heterocycles. The molecule has 5 fully saturated rings. The molecule has 3 N–H and O–H groups in total. The molecule has 5 aliphatic carbocycles. The van der Waals surface area contributed by atoms with E-state index in [9.17, 15) is 19.2 Å². The predicted octanol–water partition coefficient (Wildman–Crippen LogP) is 7.84. The Morgan fingerprint density at radius 2 is 1.40 bits per heavy atom. The summed E-state index contributed by atoms with van der Waals surface area (Å²) in [7, 11) is -2.48. The molecule has 11 nitrogen and oxygen atoms in total. The van der Waals surface area contributed by atoms with Gasteiger partial charge in [0.1, 0.15) is 18.4 Å². The van der Waals surface area contributed by atoms with E-state index in [1.807, 2.05) is 60.7 Å². The minimum absolute atomic E-state index is 0.0638. The van der Waals surface area contributed by atoms with E-state index in [0.29, 0.717) is 48.3 Å². The van der Waals surface area contributed by atoms with E-state index in [0.717, 1.165) is 30.4 Å². The van der Waals surface area contributed by atoms with Crippen LogP contribution in [-0.4, -0.2) is 54.1 Å². The van der Waals surface area contributed by atoms with Crippen LogP contribution < -0.4 is 16.0 Å². The average molecular weight is 770 g/mol. The first-order chi connectivity index (χ1) is 26.5. The van der Waals surface area contributed by atoms with Gasteiger partial charge in [-0.1, -0.05) is 67.1 Å². The van der Waals surface area contributed by atoms with Gasteiger partial charge in [0.05, 0.1) is 18.3 Å². The van der Waals surface area contributed by atoms with Crippen LogP contribution in [0.4, 0.5) is 10.5 Å². The Balaban J connectivity index is 1.12. The van der Waals surface area contributed by atoms with Crippen LogP contribution in [-0.2, 0) is 41.2 Å². The molecule has 0 spiro atoms. The Kier molecular flexibility index (Phi) is 11.8. The third-order valence-corrected chi connectivity index (χ3v) is 15.6. The number of ether oxygens (including phenoxy) is 2. The van der Waals surface area contributed by atoms with Gasteiger partial charge in [0.2, 0.25) is 19.2 Å². The lowest BCUT2D eigenvalue weighted by Gasteiger charge is -2.57. The van der Waals surface area contributed by atoms with Crippen molar-refractivity contribution in [2.75, 3.05) is 12.4 Å². The molecule has 8 rings (SSSR count). The fourth-order valence-electron chi connectivity index (χ4n) is 9.96. The Labute approximate surface area is 323 Å². The van der Waals surface area contributed by atoms with Crippen molar-refractivity contribution in [1.82, 2.24) is 10.6 Å². The van der Waals surface area contributed by atoms with Gasteiger partial charge in [-0.2, -0.15) is 0 Å². The summed E-state index contributed by atoms with van der Waals surface area (Å²) in [6.07, 6.45) is 7.24. The number of hydrogen-bond donors (Lipinski definition) is 3. The maximum Gasteiger partial charge on any atom is 0.408 e. The molecule has 292 valence electrons. The van der Waals surface area contributed by atoms with E-state index >= 15 is 4.57 Å². The number of carbonyl (C=O) groups excluding carboxylic acids is 4. The van der Waals surface area contributed by atoms with E-state index in [2.05, 4.69) is 16.0 Å². The normalized spacial score (nSPS) is 27.3. The lowest BCUT2D eigenvalue weighted by molar-refractivity contribution is -0.129. The maximum atomic E-state index is 15.8. The van der Waals surface area contributed by atoms with E-state index in [4.69, 9.17) is 14.0 Å². The minimum Gasteiger partial charge on any atom is -0.465 e. The van der Waals surface area contributed by atoms with Crippen molar-refractivity contribution >= 4 is 36.9 Å². The topological polar surface area (TPSA) is 149 Å². The fourth-order valence-corrected chi connectivity index (χ4v) is 13.3. The molecule has 5 saturated carbocycles. The van der Waals surface area contributed by atoms with E-state index in [-0.39, 0.29) is 18.9 Å². The zero-order valence-electron chi connectivity index (χ0n) is 31.6. The van der Waals surface area contributed by atoms with Crippen molar-refractivity contribution < 1.29 is 37.7 Å². The van der Waals surface area contributed by atoms with Crippen molar-refractivity contribution in [3.05, 3.63) is 102 Å². The molecule has 0 heterocycles. The van der Waals surface area contributed by atoms with Crippen molar-refractivity contribution in [3.8, 4) is 0 Å². The van der Waals surface area contributed by atoms with Crippen LogP contribution in [0.1, 0.15) is 86.2 Å². The molecular formula is C43H52N3O8P. The van der Waals surface area contributed by atoms with Gasteiger partial charge in [0.25, 0.3) is 0 Å². The summed E-state index contributed by atoms with van der Waals surface area (Å²) in [6.45, 7) is 1.78. The van der Waals surface area contributed by atoms with E-state index in [1.54, 1.807) is 31.2 Å². The maximum absolute atomic E-state index is 15.8. The second-order valence-corrected chi connectivity index (χ2v) is 19.0. The number of methoxy groups -OCH3 is 1. The Bertz CT molecular complexity index is 1850. The van der Waals surface area contributed by atoms with Crippen molar-refractivity contribution in [2.45, 2.75) is 101 Å². The highest BCUT2D eigenvalue weighted by molar-refractivity contribution is 7.60. The highest BCUT2D eigenvalue weighted by atomic mass is 31.2. The third kappa shape index (κ3) is 9.00. The summed E-state index contributed by atoms with van der Waals surface area (Å²) < 4.78 is 33.2.